The molecule has 0 spiro atoms. The van der Waals surface area contributed by atoms with Crippen molar-refractivity contribution < 1.29 is 5.11 Å². The lowest BCUT2D eigenvalue weighted by molar-refractivity contribution is 0.131. The monoisotopic (exact) mass is 253 g/mol. The van der Waals surface area contributed by atoms with Gasteiger partial charge in [-0.1, -0.05) is 18.2 Å². The number of aliphatic hydroxyl groups is 1. The second kappa shape index (κ2) is 5.80. The van der Waals surface area contributed by atoms with Crippen LogP contribution in [0.4, 0.5) is 0 Å². The van der Waals surface area contributed by atoms with Gasteiger partial charge < -0.3 is 10.4 Å². The molecule has 2 rings (SSSR count). The molecule has 1 fully saturated rings. The van der Waals surface area contributed by atoms with E-state index >= 15 is 0 Å². The summed E-state index contributed by atoms with van der Waals surface area (Å²) < 4.78 is 0. The first-order valence-corrected chi connectivity index (χ1v) is 6.89. The average Bonchev–Trinajstić information content (AvgIpc) is 2.40. The summed E-state index contributed by atoms with van der Waals surface area (Å²) in [6.07, 6.45) is 7.89. The molecular weight excluding hydrogens is 234 g/mol. The molecule has 0 bridgehead atoms. The van der Waals surface area contributed by atoms with E-state index < -0.39 is 0 Å². The van der Waals surface area contributed by atoms with Crippen molar-refractivity contribution in [1.29, 1.82) is 0 Å². The predicted molar refractivity (Wildman–Crippen MR) is 69.0 cm³/mol. The number of nitrogens with one attached hydrogen (secondary N) is 1. The molecule has 2 N–H and O–H groups in total. The van der Waals surface area contributed by atoms with Crippen LogP contribution in [0, 0.1) is 0 Å². The summed E-state index contributed by atoms with van der Waals surface area (Å²) in [7, 11) is 1.93. The van der Waals surface area contributed by atoms with Gasteiger partial charge in [-0.15, -0.1) is 0 Å². The van der Waals surface area contributed by atoms with E-state index in [1.807, 2.05) is 13.1 Å². The van der Waals surface area contributed by atoms with Gasteiger partial charge in [-0.05, 0) is 32.4 Å². The molecule has 0 saturated heterocycles. The Hall–Kier alpha value is -0.650. The summed E-state index contributed by atoms with van der Waals surface area (Å²) in [4.78, 5) is 8.48. The third kappa shape index (κ3) is 3.18. The van der Waals surface area contributed by atoms with Crippen LogP contribution in [0.1, 0.15) is 25.7 Å². The minimum atomic E-state index is -0.106. The number of aliphatic hydroxyl groups excluding tert-OH is 1. The van der Waals surface area contributed by atoms with Crippen LogP contribution in [0.2, 0.25) is 0 Å². The molecule has 0 radical (unpaired) electrons. The van der Waals surface area contributed by atoms with Crippen molar-refractivity contribution in [3.8, 4) is 0 Å². The van der Waals surface area contributed by atoms with E-state index in [0.29, 0.717) is 5.25 Å². The minimum Gasteiger partial charge on any atom is -0.394 e. The maximum Gasteiger partial charge on any atom is 0.187 e. The van der Waals surface area contributed by atoms with Crippen molar-refractivity contribution in [2.75, 3.05) is 13.7 Å². The fourth-order valence-corrected chi connectivity index (χ4v) is 3.58. The molecule has 2 atom stereocenters. The predicted octanol–water partition coefficient (Wildman–Crippen LogP) is 1.46. The average molecular weight is 253 g/mol. The van der Waals surface area contributed by atoms with E-state index in [0.717, 1.165) is 24.4 Å². The smallest absolute Gasteiger partial charge is 0.187 e. The SMILES string of the molecule is CNC1(CO)CCCC(Sc2ncccn2)C1. The second-order valence-electron chi connectivity index (χ2n) is 4.56. The van der Waals surface area contributed by atoms with Crippen molar-refractivity contribution in [3.05, 3.63) is 18.5 Å². The first-order valence-electron chi connectivity index (χ1n) is 6.01. The van der Waals surface area contributed by atoms with E-state index in [-0.39, 0.29) is 12.1 Å². The fourth-order valence-electron chi connectivity index (χ4n) is 2.35. The normalized spacial score (nSPS) is 29.2. The second-order valence-corrected chi connectivity index (χ2v) is 5.82. The molecule has 17 heavy (non-hydrogen) atoms. The van der Waals surface area contributed by atoms with Crippen LogP contribution in [0.25, 0.3) is 0 Å². The van der Waals surface area contributed by atoms with Gasteiger partial charge in [0.2, 0.25) is 0 Å². The zero-order chi connectivity index (χ0) is 12.1. The maximum absolute atomic E-state index is 9.52. The number of hydrogen-bond donors (Lipinski definition) is 2. The fraction of sp³-hybridized carbons (Fsp3) is 0.667. The summed E-state index contributed by atoms with van der Waals surface area (Å²) in [5.41, 5.74) is -0.106. The molecule has 1 aliphatic rings. The highest BCUT2D eigenvalue weighted by Crippen LogP contribution is 2.36. The topological polar surface area (TPSA) is 58.0 Å². The molecule has 1 aliphatic carbocycles. The lowest BCUT2D eigenvalue weighted by atomic mass is 9.82. The Kier molecular flexibility index (Phi) is 4.36. The third-order valence-corrected chi connectivity index (χ3v) is 4.60. The van der Waals surface area contributed by atoms with Gasteiger partial charge in [0.1, 0.15) is 0 Å². The first kappa shape index (κ1) is 12.8. The molecule has 1 aromatic heterocycles. The summed E-state index contributed by atoms with van der Waals surface area (Å²) in [5, 5.41) is 14.1. The van der Waals surface area contributed by atoms with Crippen molar-refractivity contribution in [1.82, 2.24) is 15.3 Å². The summed E-state index contributed by atoms with van der Waals surface area (Å²) in [5.74, 6) is 0. The molecule has 2 unspecified atom stereocenters. The van der Waals surface area contributed by atoms with Crippen LogP contribution in [0.3, 0.4) is 0 Å². The van der Waals surface area contributed by atoms with Gasteiger partial charge in [-0.3, -0.25) is 0 Å². The van der Waals surface area contributed by atoms with Crippen LogP contribution in [0.5, 0.6) is 0 Å². The number of likely N-dealkylation sites (N-methyl/N-ethyl adjacent to an activating group) is 1. The van der Waals surface area contributed by atoms with Crippen molar-refractivity contribution in [2.45, 2.75) is 41.6 Å². The largest absolute Gasteiger partial charge is 0.394 e. The van der Waals surface area contributed by atoms with Gasteiger partial charge in [0.05, 0.1) is 6.61 Å². The number of nitrogens with zero attached hydrogens (tertiary/aromatic N) is 2. The van der Waals surface area contributed by atoms with Gasteiger partial charge in [0, 0.05) is 23.2 Å². The minimum absolute atomic E-state index is 0.106. The van der Waals surface area contributed by atoms with Crippen molar-refractivity contribution in [2.24, 2.45) is 0 Å². The molecule has 0 aliphatic heterocycles. The molecule has 0 amide bonds. The van der Waals surface area contributed by atoms with Gasteiger partial charge in [-0.2, -0.15) is 0 Å². The maximum atomic E-state index is 9.52. The molecule has 1 aromatic rings. The van der Waals surface area contributed by atoms with Gasteiger partial charge in [0.25, 0.3) is 0 Å². The number of thioether (sulfide) groups is 1. The quantitative estimate of drug-likeness (QED) is 0.796. The summed E-state index contributed by atoms with van der Waals surface area (Å²) in [6.45, 7) is 0.205. The highest BCUT2D eigenvalue weighted by atomic mass is 32.2. The van der Waals surface area contributed by atoms with Gasteiger partial charge in [-0.25, -0.2) is 9.97 Å². The Morgan fingerprint density at radius 3 is 2.94 bits per heavy atom. The highest BCUT2D eigenvalue weighted by molar-refractivity contribution is 7.99. The van der Waals surface area contributed by atoms with E-state index in [9.17, 15) is 5.11 Å². The Balaban J connectivity index is 1.98. The lowest BCUT2D eigenvalue weighted by Gasteiger charge is -2.39. The molecule has 0 aromatic carbocycles. The molecule has 1 saturated carbocycles. The van der Waals surface area contributed by atoms with Crippen molar-refractivity contribution >= 4 is 11.8 Å². The zero-order valence-electron chi connectivity index (χ0n) is 10.1. The van der Waals surface area contributed by atoms with E-state index in [4.69, 9.17) is 0 Å². The van der Waals surface area contributed by atoms with Gasteiger partial charge >= 0.3 is 0 Å². The summed E-state index contributed by atoms with van der Waals surface area (Å²) in [6, 6.07) is 1.83. The standard InChI is InChI=1S/C12H19N3OS/c1-13-12(9-16)5-2-4-10(8-12)17-11-14-6-3-7-15-11/h3,6-7,10,13,16H,2,4-5,8-9H2,1H3. The first-order chi connectivity index (χ1) is 8.28. The van der Waals surface area contributed by atoms with Crippen LogP contribution in [-0.2, 0) is 0 Å². The Morgan fingerprint density at radius 2 is 2.29 bits per heavy atom. The Labute approximate surface area is 106 Å². The van der Waals surface area contributed by atoms with Crippen molar-refractivity contribution in [3.63, 3.8) is 0 Å². The number of aromatic nitrogens is 2. The van der Waals surface area contributed by atoms with Crippen LogP contribution >= 0.6 is 11.8 Å². The number of rotatable bonds is 4. The van der Waals surface area contributed by atoms with E-state index in [1.54, 1.807) is 24.2 Å². The lowest BCUT2D eigenvalue weighted by Crippen LogP contribution is -2.50. The van der Waals surface area contributed by atoms with E-state index in [1.165, 1.54) is 6.42 Å². The third-order valence-electron chi connectivity index (χ3n) is 3.45. The Bertz CT molecular complexity index is 343. The number of hydrogen-bond acceptors (Lipinski definition) is 5. The molecule has 4 nitrogen and oxygen atoms in total. The van der Waals surface area contributed by atoms with Crippen LogP contribution in [-0.4, -0.2) is 39.5 Å². The van der Waals surface area contributed by atoms with E-state index in [2.05, 4.69) is 15.3 Å². The highest BCUT2D eigenvalue weighted by Gasteiger charge is 2.35. The zero-order valence-corrected chi connectivity index (χ0v) is 10.9. The van der Waals surface area contributed by atoms with Crippen LogP contribution in [0.15, 0.2) is 23.6 Å². The molecule has 1 heterocycles. The molecule has 5 heteroatoms. The van der Waals surface area contributed by atoms with Crippen LogP contribution < -0.4 is 5.32 Å². The molecular formula is C12H19N3OS. The molecule has 94 valence electrons. The van der Waals surface area contributed by atoms with Gasteiger partial charge in [0.15, 0.2) is 5.16 Å². The Morgan fingerprint density at radius 1 is 1.53 bits per heavy atom. The summed E-state index contributed by atoms with van der Waals surface area (Å²) >= 11 is 1.72.